The Morgan fingerprint density at radius 3 is 2.46 bits per heavy atom. The Morgan fingerprint density at radius 2 is 1.77 bits per heavy atom. The van der Waals surface area contributed by atoms with Gasteiger partial charge < -0.3 is 20.1 Å². The Morgan fingerprint density at radius 1 is 1.00 bits per heavy atom. The predicted molar refractivity (Wildman–Crippen MR) is 100 cm³/mol. The number of ether oxygens (including phenoxy) is 2. The average molecular weight is 377 g/mol. The van der Waals surface area contributed by atoms with Crippen molar-refractivity contribution in [2.24, 2.45) is 0 Å². The van der Waals surface area contributed by atoms with Crippen molar-refractivity contribution in [2.75, 3.05) is 27.3 Å². The Balaban J connectivity index is 1.76. The highest BCUT2D eigenvalue weighted by atomic mass is 35.5. The molecule has 0 atom stereocenters. The van der Waals surface area contributed by atoms with Gasteiger partial charge in [-0.3, -0.25) is 9.59 Å². The third-order valence-electron chi connectivity index (χ3n) is 3.68. The number of amides is 2. The number of benzene rings is 2. The SMILES string of the molecule is COc1ccc(CCNC(=O)CNC(=O)c2cccc(Cl)c2)cc1OC. The van der Waals surface area contributed by atoms with E-state index < -0.39 is 0 Å². The van der Waals surface area contributed by atoms with Crippen LogP contribution in [0.25, 0.3) is 0 Å². The van der Waals surface area contributed by atoms with Crippen molar-refractivity contribution in [1.29, 1.82) is 0 Å². The van der Waals surface area contributed by atoms with E-state index in [0.29, 0.717) is 35.1 Å². The Hall–Kier alpha value is -2.73. The minimum absolute atomic E-state index is 0.0999. The van der Waals surface area contributed by atoms with Gasteiger partial charge in [0, 0.05) is 17.1 Å². The van der Waals surface area contributed by atoms with Crippen molar-refractivity contribution in [2.45, 2.75) is 6.42 Å². The summed E-state index contributed by atoms with van der Waals surface area (Å²) < 4.78 is 10.4. The van der Waals surface area contributed by atoms with Crippen molar-refractivity contribution in [3.8, 4) is 11.5 Å². The van der Waals surface area contributed by atoms with Crippen LogP contribution in [0.15, 0.2) is 42.5 Å². The standard InChI is InChI=1S/C19H21ClN2O4/c1-25-16-7-6-13(10-17(16)26-2)8-9-21-18(23)12-22-19(24)14-4-3-5-15(20)11-14/h3-7,10-11H,8-9,12H2,1-2H3,(H,21,23)(H,22,24). The molecule has 2 aromatic rings. The molecule has 0 heterocycles. The van der Waals surface area contributed by atoms with E-state index in [-0.39, 0.29) is 18.4 Å². The molecule has 7 heteroatoms. The lowest BCUT2D eigenvalue weighted by molar-refractivity contribution is -0.120. The molecule has 2 N–H and O–H groups in total. The first kappa shape index (κ1) is 19.6. The summed E-state index contributed by atoms with van der Waals surface area (Å²) in [5, 5.41) is 5.79. The molecule has 2 aromatic carbocycles. The molecule has 0 aromatic heterocycles. The maximum absolute atomic E-state index is 12.0. The van der Waals surface area contributed by atoms with E-state index in [4.69, 9.17) is 21.1 Å². The van der Waals surface area contributed by atoms with E-state index in [1.807, 2.05) is 18.2 Å². The zero-order valence-electron chi connectivity index (χ0n) is 14.7. The number of methoxy groups -OCH3 is 2. The van der Waals surface area contributed by atoms with Crippen molar-refractivity contribution in [1.82, 2.24) is 10.6 Å². The summed E-state index contributed by atoms with van der Waals surface area (Å²) in [6.45, 7) is 0.346. The number of hydrogen-bond donors (Lipinski definition) is 2. The number of carbonyl (C=O) groups excluding carboxylic acids is 2. The van der Waals surface area contributed by atoms with E-state index in [1.54, 1.807) is 38.5 Å². The van der Waals surface area contributed by atoms with Gasteiger partial charge in [0.2, 0.25) is 5.91 Å². The molecule has 0 unspecified atom stereocenters. The molecule has 0 bridgehead atoms. The van der Waals surface area contributed by atoms with Crippen LogP contribution in [0.3, 0.4) is 0 Å². The lowest BCUT2D eigenvalue weighted by atomic mass is 10.1. The lowest BCUT2D eigenvalue weighted by Gasteiger charge is -2.10. The molecule has 0 spiro atoms. The molecule has 0 aliphatic carbocycles. The number of hydrogen-bond acceptors (Lipinski definition) is 4. The topological polar surface area (TPSA) is 76.7 Å². The lowest BCUT2D eigenvalue weighted by Crippen LogP contribution is -2.37. The van der Waals surface area contributed by atoms with Gasteiger partial charge in [-0.05, 0) is 42.3 Å². The molecule has 0 aliphatic heterocycles. The minimum atomic E-state index is -0.345. The Labute approximate surface area is 157 Å². The van der Waals surface area contributed by atoms with Crippen molar-refractivity contribution < 1.29 is 19.1 Å². The second-order valence-corrected chi connectivity index (χ2v) is 5.92. The van der Waals surface area contributed by atoms with E-state index in [9.17, 15) is 9.59 Å². The number of halogens is 1. The predicted octanol–water partition coefficient (Wildman–Crippen LogP) is 2.45. The summed E-state index contributed by atoms with van der Waals surface area (Å²) >= 11 is 5.84. The molecule has 2 amide bonds. The highest BCUT2D eigenvalue weighted by molar-refractivity contribution is 6.30. The van der Waals surface area contributed by atoms with Crippen LogP contribution in [0, 0.1) is 0 Å². The van der Waals surface area contributed by atoms with Crippen LogP contribution in [0.4, 0.5) is 0 Å². The zero-order valence-corrected chi connectivity index (χ0v) is 15.4. The quantitative estimate of drug-likeness (QED) is 0.742. The Bertz CT molecular complexity index is 780. The first-order valence-electron chi connectivity index (χ1n) is 8.05. The Kier molecular flexibility index (Phi) is 7.29. The van der Waals surface area contributed by atoms with Crippen molar-refractivity contribution in [3.05, 3.63) is 58.6 Å². The van der Waals surface area contributed by atoms with Gasteiger partial charge in [-0.2, -0.15) is 0 Å². The van der Waals surface area contributed by atoms with Gasteiger partial charge in [-0.15, -0.1) is 0 Å². The largest absolute Gasteiger partial charge is 0.493 e. The summed E-state index contributed by atoms with van der Waals surface area (Å²) in [6.07, 6.45) is 0.633. The van der Waals surface area contributed by atoms with Crippen LogP contribution in [-0.4, -0.2) is 39.1 Å². The van der Waals surface area contributed by atoms with Crippen LogP contribution < -0.4 is 20.1 Å². The maximum Gasteiger partial charge on any atom is 0.251 e. The van der Waals surface area contributed by atoms with Gasteiger partial charge >= 0.3 is 0 Å². The zero-order chi connectivity index (χ0) is 18.9. The van der Waals surface area contributed by atoms with Gasteiger partial charge in [0.15, 0.2) is 11.5 Å². The molecule has 0 saturated heterocycles. The molecule has 2 rings (SSSR count). The molecule has 26 heavy (non-hydrogen) atoms. The average Bonchev–Trinajstić information content (AvgIpc) is 2.65. The van der Waals surface area contributed by atoms with Gasteiger partial charge in [0.1, 0.15) is 0 Å². The highest BCUT2D eigenvalue weighted by Crippen LogP contribution is 2.27. The molecular formula is C19H21ClN2O4. The van der Waals surface area contributed by atoms with Crippen LogP contribution in [0.1, 0.15) is 15.9 Å². The molecule has 138 valence electrons. The van der Waals surface area contributed by atoms with E-state index >= 15 is 0 Å². The number of nitrogens with one attached hydrogen (secondary N) is 2. The van der Waals surface area contributed by atoms with E-state index in [2.05, 4.69) is 10.6 Å². The smallest absolute Gasteiger partial charge is 0.251 e. The summed E-state index contributed by atoms with van der Waals surface area (Å²) in [7, 11) is 3.15. The summed E-state index contributed by atoms with van der Waals surface area (Å²) in [5.74, 6) is 0.692. The third kappa shape index (κ3) is 5.67. The molecule has 6 nitrogen and oxygen atoms in total. The van der Waals surface area contributed by atoms with Gasteiger partial charge in [0.25, 0.3) is 5.91 Å². The highest BCUT2D eigenvalue weighted by Gasteiger charge is 2.09. The van der Waals surface area contributed by atoms with Crippen LogP contribution >= 0.6 is 11.6 Å². The maximum atomic E-state index is 12.0. The fourth-order valence-corrected chi connectivity index (χ4v) is 2.53. The molecule has 0 saturated carbocycles. The summed E-state index contributed by atoms with van der Waals surface area (Å²) in [6, 6.07) is 12.1. The molecule has 0 radical (unpaired) electrons. The fraction of sp³-hybridized carbons (Fsp3) is 0.263. The molecule has 0 fully saturated rings. The first-order valence-corrected chi connectivity index (χ1v) is 8.42. The second kappa shape index (κ2) is 9.68. The van der Waals surface area contributed by atoms with Crippen molar-refractivity contribution >= 4 is 23.4 Å². The normalized spacial score (nSPS) is 10.1. The summed E-state index contributed by atoms with van der Waals surface area (Å²) in [4.78, 5) is 23.8. The van der Waals surface area contributed by atoms with E-state index in [0.717, 1.165) is 5.56 Å². The number of rotatable bonds is 8. The fourth-order valence-electron chi connectivity index (χ4n) is 2.34. The van der Waals surface area contributed by atoms with Crippen LogP contribution in [0.2, 0.25) is 5.02 Å². The van der Waals surface area contributed by atoms with Gasteiger partial charge in [-0.1, -0.05) is 23.7 Å². The van der Waals surface area contributed by atoms with Gasteiger partial charge in [-0.25, -0.2) is 0 Å². The van der Waals surface area contributed by atoms with Crippen LogP contribution in [0.5, 0.6) is 11.5 Å². The third-order valence-corrected chi connectivity index (χ3v) is 3.92. The monoisotopic (exact) mass is 376 g/mol. The van der Waals surface area contributed by atoms with Crippen LogP contribution in [-0.2, 0) is 11.2 Å². The number of carbonyl (C=O) groups is 2. The van der Waals surface area contributed by atoms with E-state index in [1.165, 1.54) is 0 Å². The van der Waals surface area contributed by atoms with Gasteiger partial charge in [0.05, 0.1) is 20.8 Å². The minimum Gasteiger partial charge on any atom is -0.493 e. The van der Waals surface area contributed by atoms with Crippen molar-refractivity contribution in [3.63, 3.8) is 0 Å². The summed E-state index contributed by atoms with van der Waals surface area (Å²) in [5.41, 5.74) is 1.42. The molecule has 0 aliphatic rings. The second-order valence-electron chi connectivity index (χ2n) is 5.48. The molecular weight excluding hydrogens is 356 g/mol. The first-order chi connectivity index (χ1) is 12.5.